The molecule has 1 amide bonds. The molecule has 31 heavy (non-hydrogen) atoms. The number of H-pyrrole nitrogens is 1. The van der Waals surface area contributed by atoms with Crippen molar-refractivity contribution in [3.05, 3.63) is 63.9 Å². The Bertz CT molecular complexity index is 1340. The Balaban J connectivity index is 1.40. The third kappa shape index (κ3) is 3.53. The molecular formula is C22H20ClN5O3. The van der Waals surface area contributed by atoms with E-state index in [4.69, 9.17) is 16.1 Å². The van der Waals surface area contributed by atoms with Crippen LogP contribution in [-0.4, -0.2) is 32.1 Å². The zero-order chi connectivity index (χ0) is 21.5. The minimum absolute atomic E-state index is 0.0109. The highest BCUT2D eigenvalue weighted by Gasteiger charge is 2.35. The maximum absolute atomic E-state index is 12.5. The summed E-state index contributed by atoms with van der Waals surface area (Å²) in [7, 11) is 0. The highest BCUT2D eigenvalue weighted by Crippen LogP contribution is 2.33. The number of imidazole rings is 1. The van der Waals surface area contributed by atoms with Crippen LogP contribution in [0.4, 0.5) is 5.69 Å². The molecule has 1 saturated heterocycles. The van der Waals surface area contributed by atoms with Crippen LogP contribution in [0.25, 0.3) is 22.4 Å². The van der Waals surface area contributed by atoms with Gasteiger partial charge in [-0.05, 0) is 42.8 Å². The van der Waals surface area contributed by atoms with Crippen molar-refractivity contribution < 1.29 is 9.32 Å². The number of aromatic nitrogens is 4. The van der Waals surface area contributed by atoms with E-state index >= 15 is 0 Å². The van der Waals surface area contributed by atoms with E-state index in [1.165, 1.54) is 0 Å². The summed E-state index contributed by atoms with van der Waals surface area (Å²) in [6.07, 6.45) is 1.16. The van der Waals surface area contributed by atoms with E-state index in [2.05, 4.69) is 15.1 Å². The van der Waals surface area contributed by atoms with E-state index in [1.54, 1.807) is 21.6 Å². The first-order chi connectivity index (χ1) is 15.0. The van der Waals surface area contributed by atoms with E-state index < -0.39 is 0 Å². The molecule has 1 fully saturated rings. The lowest BCUT2D eigenvalue weighted by molar-refractivity contribution is -0.117. The van der Waals surface area contributed by atoms with Gasteiger partial charge in [0.1, 0.15) is 0 Å². The normalized spacial score (nSPS) is 16.5. The van der Waals surface area contributed by atoms with Crippen LogP contribution < -0.4 is 10.6 Å². The number of benzene rings is 2. The van der Waals surface area contributed by atoms with Crippen LogP contribution in [0.15, 0.2) is 51.8 Å². The Morgan fingerprint density at radius 2 is 2.10 bits per heavy atom. The van der Waals surface area contributed by atoms with Gasteiger partial charge >= 0.3 is 5.69 Å². The summed E-state index contributed by atoms with van der Waals surface area (Å²) in [4.78, 5) is 33.8. The van der Waals surface area contributed by atoms with Gasteiger partial charge in [-0.2, -0.15) is 4.98 Å². The second kappa shape index (κ2) is 7.70. The molecule has 2 aromatic heterocycles. The van der Waals surface area contributed by atoms with Gasteiger partial charge in [-0.15, -0.1) is 0 Å². The molecule has 3 heterocycles. The monoisotopic (exact) mass is 437 g/mol. The molecule has 0 bridgehead atoms. The maximum atomic E-state index is 12.5. The molecular weight excluding hydrogens is 418 g/mol. The lowest BCUT2D eigenvalue weighted by Crippen LogP contribution is -2.24. The Labute approximate surface area is 182 Å². The Morgan fingerprint density at radius 1 is 1.23 bits per heavy atom. The second-order valence-electron chi connectivity index (χ2n) is 7.66. The minimum Gasteiger partial charge on any atom is -0.339 e. The fourth-order valence-electron chi connectivity index (χ4n) is 4.03. The summed E-state index contributed by atoms with van der Waals surface area (Å²) in [5.74, 6) is 0.643. The molecule has 2 aromatic carbocycles. The fourth-order valence-corrected chi connectivity index (χ4v) is 4.22. The maximum Gasteiger partial charge on any atom is 0.326 e. The number of rotatable bonds is 5. The number of nitrogens with zero attached hydrogens (tertiary/aromatic N) is 4. The van der Waals surface area contributed by atoms with Gasteiger partial charge in [0.25, 0.3) is 0 Å². The quantitative estimate of drug-likeness (QED) is 0.509. The smallest absolute Gasteiger partial charge is 0.326 e. The minimum atomic E-state index is -0.193. The highest BCUT2D eigenvalue weighted by molar-refractivity contribution is 6.30. The summed E-state index contributed by atoms with van der Waals surface area (Å²) < 4.78 is 7.21. The molecule has 0 spiro atoms. The molecule has 1 unspecified atom stereocenters. The van der Waals surface area contributed by atoms with Crippen LogP contribution in [0.1, 0.15) is 31.6 Å². The van der Waals surface area contributed by atoms with Gasteiger partial charge in [0.2, 0.25) is 17.6 Å². The van der Waals surface area contributed by atoms with Crippen molar-refractivity contribution in [3.63, 3.8) is 0 Å². The first-order valence-corrected chi connectivity index (χ1v) is 10.5. The fraction of sp³-hybridized carbons (Fsp3) is 0.273. The summed E-state index contributed by atoms with van der Waals surface area (Å²) in [6.45, 7) is 3.14. The summed E-state index contributed by atoms with van der Waals surface area (Å²) >= 11 is 6.06. The highest BCUT2D eigenvalue weighted by atomic mass is 35.5. The van der Waals surface area contributed by atoms with Crippen LogP contribution in [-0.2, 0) is 11.3 Å². The predicted octanol–water partition coefficient (Wildman–Crippen LogP) is 3.96. The molecule has 0 aliphatic carbocycles. The number of carbonyl (C=O) groups is 1. The summed E-state index contributed by atoms with van der Waals surface area (Å²) in [5, 5.41) is 4.68. The zero-order valence-electron chi connectivity index (χ0n) is 16.8. The van der Waals surface area contributed by atoms with E-state index in [-0.39, 0.29) is 17.5 Å². The Morgan fingerprint density at radius 3 is 2.90 bits per heavy atom. The van der Waals surface area contributed by atoms with Gasteiger partial charge in [0.05, 0.1) is 17.0 Å². The number of fused-ring (bicyclic) bond motifs is 1. The van der Waals surface area contributed by atoms with Crippen molar-refractivity contribution >= 4 is 34.2 Å². The zero-order valence-corrected chi connectivity index (χ0v) is 17.6. The van der Waals surface area contributed by atoms with Crippen LogP contribution in [0, 0.1) is 0 Å². The number of hydrogen-bond donors (Lipinski definition) is 1. The third-order valence-corrected chi connectivity index (χ3v) is 5.75. The lowest BCUT2D eigenvalue weighted by Gasteiger charge is -2.16. The topological polar surface area (TPSA) is 97.0 Å². The van der Waals surface area contributed by atoms with Crippen LogP contribution >= 0.6 is 11.6 Å². The summed E-state index contributed by atoms with van der Waals surface area (Å²) in [5.41, 5.74) is 2.94. The van der Waals surface area contributed by atoms with Gasteiger partial charge in [-0.25, -0.2) is 4.79 Å². The average Bonchev–Trinajstić information content (AvgIpc) is 3.46. The number of anilines is 1. The molecule has 1 N–H and O–H groups in total. The van der Waals surface area contributed by atoms with Crippen LogP contribution in [0.5, 0.6) is 0 Å². The Hall–Kier alpha value is -3.39. The number of aromatic amines is 1. The molecule has 4 aromatic rings. The van der Waals surface area contributed by atoms with Crippen molar-refractivity contribution in [2.45, 2.75) is 32.2 Å². The van der Waals surface area contributed by atoms with Crippen LogP contribution in [0.3, 0.4) is 0 Å². The molecule has 1 aliphatic rings. The Kier molecular flexibility index (Phi) is 4.86. The van der Waals surface area contributed by atoms with Crippen molar-refractivity contribution in [1.82, 2.24) is 19.7 Å². The summed E-state index contributed by atoms with van der Waals surface area (Å²) in [6, 6.07) is 12.8. The van der Waals surface area contributed by atoms with Gasteiger partial charge < -0.3 is 14.4 Å². The van der Waals surface area contributed by atoms with Crippen molar-refractivity contribution in [3.8, 4) is 11.4 Å². The van der Waals surface area contributed by atoms with Crippen LogP contribution in [0.2, 0.25) is 5.02 Å². The van der Waals surface area contributed by atoms with E-state index in [1.807, 2.05) is 37.3 Å². The number of carbonyl (C=O) groups excluding carboxylic acids is 1. The second-order valence-corrected chi connectivity index (χ2v) is 8.09. The predicted molar refractivity (Wildman–Crippen MR) is 117 cm³/mol. The molecule has 8 nitrogen and oxygen atoms in total. The molecule has 1 aliphatic heterocycles. The average molecular weight is 438 g/mol. The lowest BCUT2D eigenvalue weighted by atomic mass is 10.1. The van der Waals surface area contributed by atoms with Gasteiger partial charge in [-0.1, -0.05) is 29.7 Å². The molecule has 0 radical (unpaired) electrons. The standard InChI is InChI=1S/C22H20ClN5O3/c1-2-8-27-18-7-6-13(9-17(18)24-22(27)30)20-25-21(31-26-20)14-10-19(29)28(12-14)16-5-3-4-15(23)11-16/h3-7,9,11,14H,2,8,10,12H2,1H3,(H,24,30). The van der Waals surface area contributed by atoms with Crippen molar-refractivity contribution in [2.24, 2.45) is 0 Å². The molecule has 158 valence electrons. The molecule has 1 atom stereocenters. The van der Waals surface area contributed by atoms with Gasteiger partial charge in [0, 0.05) is 35.8 Å². The first kappa shape index (κ1) is 19.6. The largest absolute Gasteiger partial charge is 0.339 e. The van der Waals surface area contributed by atoms with E-state index in [9.17, 15) is 9.59 Å². The molecule has 0 saturated carbocycles. The molecule has 5 rings (SSSR count). The number of hydrogen-bond acceptors (Lipinski definition) is 5. The van der Waals surface area contributed by atoms with Gasteiger partial charge in [-0.3, -0.25) is 9.36 Å². The van der Waals surface area contributed by atoms with Crippen molar-refractivity contribution in [2.75, 3.05) is 11.4 Å². The number of amides is 1. The SMILES string of the molecule is CCCn1c(=O)[nH]c2cc(-c3noc(C4CC(=O)N(c5cccc(Cl)c5)C4)n3)ccc21. The number of halogens is 1. The van der Waals surface area contributed by atoms with E-state index in [0.29, 0.717) is 36.2 Å². The number of aryl methyl sites for hydroxylation is 1. The molecule has 9 heteroatoms. The van der Waals surface area contributed by atoms with Crippen molar-refractivity contribution in [1.29, 1.82) is 0 Å². The third-order valence-electron chi connectivity index (χ3n) is 5.52. The van der Waals surface area contributed by atoms with E-state index in [0.717, 1.165) is 28.7 Å². The first-order valence-electron chi connectivity index (χ1n) is 10.2. The van der Waals surface area contributed by atoms with Gasteiger partial charge in [0.15, 0.2) is 0 Å². The number of nitrogens with one attached hydrogen (secondary N) is 1.